The normalized spacial score (nSPS) is 11.4. The molecule has 1 N–H and O–H groups in total. The fraction of sp³-hybridized carbons (Fsp3) is 0.0909. The highest BCUT2D eigenvalue weighted by atomic mass is 32.2. The number of aromatic amines is 1. The molecule has 5 rings (SSSR count). The van der Waals surface area contributed by atoms with Crippen LogP contribution in [0.4, 0.5) is 4.39 Å². The standard InChI is InChI=1S/C22H16FN5S/c1-13-4-2-3-5-17(13)19-15(8-14-9-16(23)6-7-18(14)28-19)10-29-22-20-21(25-11-24-20)26-12-27-22/h2-9,11-12H,10H2,1H3,(H,24,25,26,27). The molecule has 0 radical (unpaired) electrons. The van der Waals surface area contributed by atoms with Crippen LogP contribution in [-0.2, 0) is 5.75 Å². The van der Waals surface area contributed by atoms with Crippen molar-refractivity contribution in [3.63, 3.8) is 0 Å². The van der Waals surface area contributed by atoms with Gasteiger partial charge in [0.2, 0.25) is 0 Å². The maximum absolute atomic E-state index is 13.8. The van der Waals surface area contributed by atoms with E-state index in [1.807, 2.05) is 18.2 Å². The molecular formula is C22H16FN5S. The number of rotatable bonds is 4. The van der Waals surface area contributed by atoms with E-state index in [4.69, 9.17) is 4.98 Å². The van der Waals surface area contributed by atoms with Crippen molar-refractivity contribution in [1.29, 1.82) is 0 Å². The van der Waals surface area contributed by atoms with Gasteiger partial charge in [0.15, 0.2) is 5.65 Å². The molecule has 5 aromatic rings. The van der Waals surface area contributed by atoms with Crippen molar-refractivity contribution < 1.29 is 4.39 Å². The van der Waals surface area contributed by atoms with Crippen LogP contribution in [0.3, 0.4) is 0 Å². The van der Waals surface area contributed by atoms with Gasteiger partial charge in [-0.2, -0.15) is 0 Å². The molecule has 3 heterocycles. The zero-order chi connectivity index (χ0) is 19.8. The van der Waals surface area contributed by atoms with Crippen LogP contribution in [0, 0.1) is 12.7 Å². The van der Waals surface area contributed by atoms with E-state index in [1.54, 1.807) is 24.2 Å². The first-order valence-corrected chi connectivity index (χ1v) is 10.1. The van der Waals surface area contributed by atoms with E-state index in [1.165, 1.54) is 18.5 Å². The van der Waals surface area contributed by atoms with Crippen LogP contribution in [0.25, 0.3) is 33.3 Å². The number of hydrogen-bond acceptors (Lipinski definition) is 5. The van der Waals surface area contributed by atoms with Crippen LogP contribution in [0.2, 0.25) is 0 Å². The van der Waals surface area contributed by atoms with Crippen LogP contribution in [-0.4, -0.2) is 24.9 Å². The topological polar surface area (TPSA) is 67.3 Å². The number of halogens is 1. The zero-order valence-corrected chi connectivity index (χ0v) is 16.4. The molecule has 142 valence electrons. The molecule has 5 nitrogen and oxygen atoms in total. The second kappa shape index (κ2) is 7.25. The van der Waals surface area contributed by atoms with Gasteiger partial charge in [0.1, 0.15) is 22.7 Å². The van der Waals surface area contributed by atoms with Crippen molar-refractivity contribution in [3.05, 3.63) is 78.1 Å². The van der Waals surface area contributed by atoms with Crippen LogP contribution < -0.4 is 0 Å². The number of aryl methyl sites for hydroxylation is 1. The fourth-order valence-electron chi connectivity index (χ4n) is 3.37. The fourth-order valence-corrected chi connectivity index (χ4v) is 4.30. The van der Waals surface area contributed by atoms with E-state index < -0.39 is 0 Å². The number of H-pyrrole nitrogens is 1. The van der Waals surface area contributed by atoms with Crippen molar-refractivity contribution in [1.82, 2.24) is 24.9 Å². The molecule has 3 aromatic heterocycles. The number of nitrogens with one attached hydrogen (secondary N) is 1. The summed E-state index contributed by atoms with van der Waals surface area (Å²) in [4.78, 5) is 20.7. The molecule has 0 aliphatic heterocycles. The van der Waals surface area contributed by atoms with Gasteiger partial charge in [-0.1, -0.05) is 36.0 Å². The molecule has 0 aliphatic rings. The Morgan fingerprint density at radius 3 is 2.83 bits per heavy atom. The lowest BCUT2D eigenvalue weighted by atomic mass is 10.0. The maximum atomic E-state index is 13.8. The summed E-state index contributed by atoms with van der Waals surface area (Å²) in [6.45, 7) is 2.07. The summed E-state index contributed by atoms with van der Waals surface area (Å²) in [5, 5.41) is 1.61. The highest BCUT2D eigenvalue weighted by Crippen LogP contribution is 2.33. The van der Waals surface area contributed by atoms with Gasteiger partial charge in [0.25, 0.3) is 0 Å². The largest absolute Gasteiger partial charge is 0.341 e. The molecule has 2 aromatic carbocycles. The third-order valence-corrected chi connectivity index (χ3v) is 5.85. The van der Waals surface area contributed by atoms with Gasteiger partial charge in [0.05, 0.1) is 17.5 Å². The lowest BCUT2D eigenvalue weighted by Crippen LogP contribution is -1.96. The Balaban J connectivity index is 1.61. The van der Waals surface area contributed by atoms with Gasteiger partial charge in [-0.3, -0.25) is 0 Å². The number of aromatic nitrogens is 5. The van der Waals surface area contributed by atoms with Crippen LogP contribution in [0.15, 0.2) is 66.2 Å². The van der Waals surface area contributed by atoms with Crippen molar-refractivity contribution in [3.8, 4) is 11.3 Å². The summed E-state index contributed by atoms with van der Waals surface area (Å²) >= 11 is 1.58. The van der Waals surface area contributed by atoms with Gasteiger partial charge in [-0.05, 0) is 42.3 Å². The number of nitrogens with zero attached hydrogens (tertiary/aromatic N) is 4. The molecule has 0 saturated heterocycles. The predicted octanol–water partition coefficient (Wildman–Crippen LogP) is 5.31. The summed E-state index contributed by atoms with van der Waals surface area (Å²) in [6.07, 6.45) is 3.13. The number of fused-ring (bicyclic) bond motifs is 2. The molecule has 0 atom stereocenters. The minimum atomic E-state index is -0.267. The Kier molecular flexibility index (Phi) is 4.44. The molecular weight excluding hydrogens is 385 g/mol. The molecule has 0 spiro atoms. The van der Waals surface area contributed by atoms with Crippen molar-refractivity contribution >= 4 is 33.8 Å². The van der Waals surface area contributed by atoms with E-state index in [9.17, 15) is 4.39 Å². The minimum absolute atomic E-state index is 0.267. The van der Waals surface area contributed by atoms with Gasteiger partial charge >= 0.3 is 0 Å². The maximum Gasteiger partial charge on any atom is 0.181 e. The highest BCUT2D eigenvalue weighted by Gasteiger charge is 2.14. The predicted molar refractivity (Wildman–Crippen MR) is 113 cm³/mol. The Morgan fingerprint density at radius 1 is 1.03 bits per heavy atom. The molecule has 0 amide bonds. The molecule has 0 saturated carbocycles. The quantitative estimate of drug-likeness (QED) is 0.327. The zero-order valence-electron chi connectivity index (χ0n) is 15.6. The summed E-state index contributed by atoms with van der Waals surface area (Å²) in [5.74, 6) is 0.366. The van der Waals surface area contributed by atoms with E-state index in [0.717, 1.165) is 43.8 Å². The van der Waals surface area contributed by atoms with E-state index in [-0.39, 0.29) is 5.82 Å². The van der Waals surface area contributed by atoms with E-state index in [0.29, 0.717) is 11.4 Å². The third-order valence-electron chi connectivity index (χ3n) is 4.81. The molecule has 0 aliphatic carbocycles. The minimum Gasteiger partial charge on any atom is -0.341 e. The molecule has 29 heavy (non-hydrogen) atoms. The van der Waals surface area contributed by atoms with Crippen molar-refractivity contribution in [2.45, 2.75) is 17.7 Å². The average molecular weight is 401 g/mol. The van der Waals surface area contributed by atoms with Crippen LogP contribution >= 0.6 is 11.8 Å². The molecule has 7 heteroatoms. The smallest absolute Gasteiger partial charge is 0.181 e. The highest BCUT2D eigenvalue weighted by molar-refractivity contribution is 7.98. The second-order valence-corrected chi connectivity index (χ2v) is 7.68. The van der Waals surface area contributed by atoms with Gasteiger partial charge < -0.3 is 4.98 Å². The summed E-state index contributed by atoms with van der Waals surface area (Å²) < 4.78 is 13.8. The first kappa shape index (κ1) is 17.8. The first-order valence-electron chi connectivity index (χ1n) is 9.11. The number of benzene rings is 2. The third kappa shape index (κ3) is 3.34. The van der Waals surface area contributed by atoms with E-state index >= 15 is 0 Å². The van der Waals surface area contributed by atoms with E-state index in [2.05, 4.69) is 39.0 Å². The van der Waals surface area contributed by atoms with Gasteiger partial charge in [-0.25, -0.2) is 24.3 Å². The Labute approximate surface area is 170 Å². The number of hydrogen-bond donors (Lipinski definition) is 1. The van der Waals surface area contributed by atoms with Crippen LogP contribution in [0.5, 0.6) is 0 Å². The van der Waals surface area contributed by atoms with Gasteiger partial charge in [-0.15, -0.1) is 0 Å². The van der Waals surface area contributed by atoms with Gasteiger partial charge in [0, 0.05) is 16.7 Å². The summed E-state index contributed by atoms with van der Waals surface area (Å²) in [5.41, 5.74) is 6.37. The average Bonchev–Trinajstić information content (AvgIpc) is 3.21. The Hall–Kier alpha value is -3.32. The van der Waals surface area contributed by atoms with Crippen molar-refractivity contribution in [2.24, 2.45) is 0 Å². The van der Waals surface area contributed by atoms with Crippen LogP contribution in [0.1, 0.15) is 11.1 Å². The number of pyridine rings is 1. The lowest BCUT2D eigenvalue weighted by Gasteiger charge is -2.13. The summed E-state index contributed by atoms with van der Waals surface area (Å²) in [6, 6.07) is 14.9. The number of thioether (sulfide) groups is 1. The molecule has 0 bridgehead atoms. The first-order chi connectivity index (χ1) is 14.2. The van der Waals surface area contributed by atoms with Crippen molar-refractivity contribution in [2.75, 3.05) is 0 Å². The summed E-state index contributed by atoms with van der Waals surface area (Å²) in [7, 11) is 0. The lowest BCUT2D eigenvalue weighted by molar-refractivity contribution is 0.629. The Bertz CT molecular complexity index is 1350. The SMILES string of the molecule is Cc1ccccc1-c1nc2ccc(F)cc2cc1CSc1ncnc2nc[nH]c12. The molecule has 0 unspecified atom stereocenters. The molecule has 0 fully saturated rings. The second-order valence-electron chi connectivity index (χ2n) is 6.72. The number of imidazole rings is 1. The monoisotopic (exact) mass is 401 g/mol. The Morgan fingerprint density at radius 2 is 1.93 bits per heavy atom.